The van der Waals surface area contributed by atoms with Gasteiger partial charge in [0.15, 0.2) is 15.6 Å². The van der Waals surface area contributed by atoms with E-state index in [1.54, 1.807) is 30.0 Å². The van der Waals surface area contributed by atoms with Crippen LogP contribution in [0.1, 0.15) is 5.56 Å². The minimum Gasteiger partial charge on any atom is -0.455 e. The zero-order valence-electron chi connectivity index (χ0n) is 15.4. The average molecular weight is 423 g/mol. The fraction of sp³-hybridized carbons (Fsp3) is 0.182. The molecule has 3 aromatic rings. The number of ether oxygens (including phenoxy) is 1. The molecule has 1 aromatic heterocycles. The monoisotopic (exact) mass is 422 g/mol. The molecule has 29 heavy (non-hydrogen) atoms. The molecule has 1 atom stereocenters. The van der Waals surface area contributed by atoms with E-state index in [9.17, 15) is 8.42 Å². The summed E-state index contributed by atoms with van der Waals surface area (Å²) >= 11 is 1.69. The SMILES string of the molecule is O=S(=O)(c1ccc2c(c1)NCc1c(ccc3cc[nH]c13)O2)C1(C2CS2)C=CC=C1. The summed E-state index contributed by atoms with van der Waals surface area (Å²) in [6.07, 6.45) is 9.21. The first kappa shape index (κ1) is 17.2. The smallest absolute Gasteiger partial charge is 0.192 e. The van der Waals surface area contributed by atoms with Crippen molar-refractivity contribution in [2.75, 3.05) is 11.1 Å². The van der Waals surface area contributed by atoms with Gasteiger partial charge in [0.2, 0.25) is 0 Å². The summed E-state index contributed by atoms with van der Waals surface area (Å²) in [5.41, 5.74) is 2.74. The Bertz CT molecular complexity index is 1310. The third-order valence-corrected chi connectivity index (χ3v) is 9.42. The van der Waals surface area contributed by atoms with Gasteiger partial charge < -0.3 is 15.0 Å². The van der Waals surface area contributed by atoms with Crippen LogP contribution in [0.25, 0.3) is 10.9 Å². The number of anilines is 1. The molecule has 1 saturated heterocycles. The highest BCUT2D eigenvalue weighted by Crippen LogP contribution is 2.50. The van der Waals surface area contributed by atoms with Gasteiger partial charge in [0.25, 0.3) is 0 Å². The van der Waals surface area contributed by atoms with E-state index in [4.69, 9.17) is 4.74 Å². The fourth-order valence-electron chi connectivity index (χ4n) is 4.19. The van der Waals surface area contributed by atoms with Crippen LogP contribution in [0.15, 0.2) is 71.8 Å². The van der Waals surface area contributed by atoms with E-state index in [1.807, 2.05) is 48.7 Å². The second-order valence-electron chi connectivity index (χ2n) is 7.49. The number of allylic oxidation sites excluding steroid dienone is 2. The number of fused-ring (bicyclic) bond motifs is 4. The molecule has 2 aromatic carbocycles. The van der Waals surface area contributed by atoms with Gasteiger partial charge in [-0.25, -0.2) is 8.42 Å². The molecule has 1 fully saturated rings. The van der Waals surface area contributed by atoms with Crippen molar-refractivity contribution < 1.29 is 13.2 Å². The third-order valence-electron chi connectivity index (χ3n) is 5.86. The first-order valence-electron chi connectivity index (χ1n) is 9.46. The van der Waals surface area contributed by atoms with Crippen molar-refractivity contribution in [3.8, 4) is 11.5 Å². The van der Waals surface area contributed by atoms with Crippen molar-refractivity contribution in [3.63, 3.8) is 0 Å². The zero-order chi connectivity index (χ0) is 19.6. The van der Waals surface area contributed by atoms with E-state index in [-0.39, 0.29) is 5.25 Å². The number of hydrogen-bond acceptors (Lipinski definition) is 5. The summed E-state index contributed by atoms with van der Waals surface area (Å²) in [7, 11) is -3.57. The van der Waals surface area contributed by atoms with Gasteiger partial charge in [-0.2, -0.15) is 11.8 Å². The molecule has 1 aliphatic carbocycles. The Labute approximate surface area is 172 Å². The van der Waals surface area contributed by atoms with E-state index in [2.05, 4.69) is 10.3 Å². The minimum atomic E-state index is -3.57. The Balaban J connectivity index is 1.42. The van der Waals surface area contributed by atoms with E-state index >= 15 is 0 Å². The second kappa shape index (κ2) is 5.93. The van der Waals surface area contributed by atoms with Gasteiger partial charge in [-0.3, -0.25) is 0 Å². The number of thioether (sulfide) groups is 1. The quantitative estimate of drug-likeness (QED) is 0.602. The summed E-state index contributed by atoms with van der Waals surface area (Å²) in [5, 5.41) is 4.57. The predicted octanol–water partition coefficient (Wildman–Crippen LogP) is 4.64. The van der Waals surface area contributed by atoms with E-state index < -0.39 is 14.6 Å². The Hall–Kier alpha value is -2.64. The molecule has 5 nitrogen and oxygen atoms in total. The van der Waals surface area contributed by atoms with Crippen molar-refractivity contribution in [1.29, 1.82) is 0 Å². The average Bonchev–Trinajstić information content (AvgIpc) is 3.31. The lowest BCUT2D eigenvalue weighted by Crippen LogP contribution is -2.38. The number of nitrogens with one attached hydrogen (secondary N) is 2. The Morgan fingerprint density at radius 1 is 1.07 bits per heavy atom. The standard InChI is InChI=1S/C22H18N2O3S2/c25-29(26,22(20-13-28-20)8-1-2-9-22)15-4-6-19-17(11-15)24-12-16-18(27-19)5-3-14-7-10-23-21(14)16/h1-11,20,23-24H,12-13H2. The molecule has 146 valence electrons. The summed E-state index contributed by atoms with van der Waals surface area (Å²) < 4.78 is 32.4. The third kappa shape index (κ3) is 2.44. The largest absolute Gasteiger partial charge is 0.455 e. The van der Waals surface area contributed by atoms with Gasteiger partial charge in [-0.05, 0) is 41.8 Å². The Kier molecular flexibility index (Phi) is 3.53. The van der Waals surface area contributed by atoms with Gasteiger partial charge in [-0.1, -0.05) is 24.3 Å². The molecule has 0 saturated carbocycles. The Morgan fingerprint density at radius 2 is 1.86 bits per heavy atom. The van der Waals surface area contributed by atoms with Crippen molar-refractivity contribution in [2.45, 2.75) is 21.4 Å². The molecule has 2 N–H and O–H groups in total. The molecular formula is C22H18N2O3S2. The van der Waals surface area contributed by atoms with Crippen LogP contribution in [0.3, 0.4) is 0 Å². The van der Waals surface area contributed by atoms with Crippen LogP contribution in [0.2, 0.25) is 0 Å². The predicted molar refractivity (Wildman–Crippen MR) is 117 cm³/mol. The van der Waals surface area contributed by atoms with Gasteiger partial charge in [-0.15, -0.1) is 0 Å². The first-order chi connectivity index (χ1) is 14.1. The minimum absolute atomic E-state index is 0.0796. The molecule has 1 unspecified atom stereocenters. The fourth-order valence-corrected chi connectivity index (χ4v) is 7.55. The summed E-state index contributed by atoms with van der Waals surface area (Å²) in [6.45, 7) is 0.549. The highest BCUT2D eigenvalue weighted by atomic mass is 32.2. The number of sulfone groups is 1. The van der Waals surface area contributed by atoms with Gasteiger partial charge in [0, 0.05) is 29.3 Å². The van der Waals surface area contributed by atoms with Gasteiger partial charge in [0.1, 0.15) is 10.5 Å². The van der Waals surface area contributed by atoms with Gasteiger partial charge >= 0.3 is 0 Å². The molecule has 3 aliphatic rings. The Morgan fingerprint density at radius 3 is 2.66 bits per heavy atom. The summed E-state index contributed by atoms with van der Waals surface area (Å²) in [4.78, 5) is 3.58. The van der Waals surface area contributed by atoms with Crippen LogP contribution in [0, 0.1) is 0 Å². The molecule has 0 radical (unpaired) electrons. The van der Waals surface area contributed by atoms with Crippen molar-refractivity contribution in [2.24, 2.45) is 0 Å². The van der Waals surface area contributed by atoms with Crippen LogP contribution in [0.4, 0.5) is 5.69 Å². The maximum atomic E-state index is 13.6. The van der Waals surface area contributed by atoms with Crippen molar-refractivity contribution in [3.05, 3.63) is 72.5 Å². The lowest BCUT2D eigenvalue weighted by molar-refractivity contribution is 0.484. The van der Waals surface area contributed by atoms with Crippen LogP contribution >= 0.6 is 11.8 Å². The maximum Gasteiger partial charge on any atom is 0.192 e. The number of benzene rings is 2. The molecule has 0 spiro atoms. The lowest BCUT2D eigenvalue weighted by atomic mass is 10.1. The van der Waals surface area contributed by atoms with Crippen LogP contribution < -0.4 is 10.1 Å². The maximum absolute atomic E-state index is 13.6. The normalized spacial score (nSPS) is 21.2. The zero-order valence-corrected chi connectivity index (χ0v) is 17.0. The molecule has 2 aliphatic heterocycles. The van der Waals surface area contributed by atoms with E-state index in [0.29, 0.717) is 22.9 Å². The van der Waals surface area contributed by atoms with Crippen LogP contribution in [-0.2, 0) is 16.4 Å². The number of aromatic amines is 1. The topological polar surface area (TPSA) is 71.2 Å². The number of aromatic nitrogens is 1. The number of hydrogen-bond donors (Lipinski definition) is 2. The first-order valence-corrected chi connectivity index (χ1v) is 12.0. The lowest BCUT2D eigenvalue weighted by Gasteiger charge is -2.25. The molecule has 3 heterocycles. The second-order valence-corrected chi connectivity index (χ2v) is 10.9. The van der Waals surface area contributed by atoms with Gasteiger partial charge in [0.05, 0.1) is 16.1 Å². The van der Waals surface area contributed by atoms with Crippen molar-refractivity contribution >= 4 is 38.2 Å². The van der Waals surface area contributed by atoms with E-state index in [0.717, 1.165) is 28.0 Å². The molecule has 7 heteroatoms. The summed E-state index contributed by atoms with van der Waals surface area (Å²) in [6, 6.07) is 11.1. The van der Waals surface area contributed by atoms with Crippen LogP contribution in [-0.4, -0.2) is 29.2 Å². The van der Waals surface area contributed by atoms with E-state index in [1.165, 1.54) is 0 Å². The molecule has 0 bridgehead atoms. The number of rotatable bonds is 3. The summed E-state index contributed by atoms with van der Waals surface area (Å²) in [5.74, 6) is 2.26. The van der Waals surface area contributed by atoms with Crippen LogP contribution in [0.5, 0.6) is 11.5 Å². The molecule has 6 rings (SSSR count). The molecular weight excluding hydrogens is 404 g/mol. The van der Waals surface area contributed by atoms with Crippen molar-refractivity contribution in [1.82, 2.24) is 4.98 Å². The number of H-pyrrole nitrogens is 1. The highest BCUT2D eigenvalue weighted by Gasteiger charge is 2.53. The highest BCUT2D eigenvalue weighted by molar-refractivity contribution is 8.08. The molecule has 0 amide bonds.